The molecule has 6 nitrogen and oxygen atoms in total. The summed E-state index contributed by atoms with van der Waals surface area (Å²) in [5.74, 6) is 0. The van der Waals surface area contributed by atoms with Crippen molar-refractivity contribution in [2.45, 2.75) is 19.8 Å². The highest BCUT2D eigenvalue weighted by atomic mass is 16.5. The van der Waals surface area contributed by atoms with Gasteiger partial charge in [0.15, 0.2) is 0 Å². The summed E-state index contributed by atoms with van der Waals surface area (Å²) in [4.78, 5) is 16.4. The first-order valence-electron chi connectivity index (χ1n) is 7.71. The van der Waals surface area contributed by atoms with Crippen molar-refractivity contribution >= 4 is 6.03 Å². The molecule has 0 aromatic carbocycles. The zero-order valence-electron chi connectivity index (χ0n) is 13.0. The number of nitrogens with zero attached hydrogens (tertiary/aromatic N) is 2. The quantitative estimate of drug-likeness (QED) is 0.601. The first-order valence-corrected chi connectivity index (χ1v) is 7.71. The van der Waals surface area contributed by atoms with E-state index in [1.54, 1.807) is 7.11 Å². The van der Waals surface area contributed by atoms with Gasteiger partial charge in [0.05, 0.1) is 6.61 Å². The van der Waals surface area contributed by atoms with E-state index in [1.165, 1.54) is 26.2 Å². The third kappa shape index (κ3) is 7.67. The van der Waals surface area contributed by atoms with E-state index in [0.29, 0.717) is 13.2 Å². The van der Waals surface area contributed by atoms with E-state index in [9.17, 15) is 4.79 Å². The molecule has 0 aromatic rings. The second-order valence-electron chi connectivity index (χ2n) is 5.16. The highest BCUT2D eigenvalue weighted by Crippen LogP contribution is 2.02. The van der Waals surface area contributed by atoms with Gasteiger partial charge < -0.3 is 25.2 Å². The van der Waals surface area contributed by atoms with Gasteiger partial charge in [-0.2, -0.15) is 0 Å². The van der Waals surface area contributed by atoms with Gasteiger partial charge in [-0.3, -0.25) is 0 Å². The summed E-state index contributed by atoms with van der Waals surface area (Å²) in [6.45, 7) is 11.1. The van der Waals surface area contributed by atoms with E-state index < -0.39 is 0 Å². The monoisotopic (exact) mass is 286 g/mol. The van der Waals surface area contributed by atoms with Crippen molar-refractivity contribution in [1.82, 2.24) is 20.4 Å². The molecular weight excluding hydrogens is 256 g/mol. The molecule has 0 spiro atoms. The lowest BCUT2D eigenvalue weighted by molar-refractivity contribution is 0.135. The SMILES string of the molecule is CCN1CCN(CCCCNC(=O)NCCOC)CC1. The van der Waals surface area contributed by atoms with Crippen molar-refractivity contribution in [3.05, 3.63) is 0 Å². The topological polar surface area (TPSA) is 56.8 Å². The minimum atomic E-state index is -0.0985. The maximum absolute atomic E-state index is 11.4. The van der Waals surface area contributed by atoms with Crippen LogP contribution in [0.4, 0.5) is 4.79 Å². The van der Waals surface area contributed by atoms with E-state index in [2.05, 4.69) is 27.4 Å². The summed E-state index contributed by atoms with van der Waals surface area (Å²) >= 11 is 0. The second kappa shape index (κ2) is 10.9. The fourth-order valence-corrected chi connectivity index (χ4v) is 2.32. The molecule has 1 fully saturated rings. The molecule has 1 aliphatic rings. The number of likely N-dealkylation sites (N-methyl/N-ethyl adjacent to an activating group) is 1. The molecule has 0 bridgehead atoms. The summed E-state index contributed by atoms with van der Waals surface area (Å²) in [5.41, 5.74) is 0. The Morgan fingerprint density at radius 2 is 1.70 bits per heavy atom. The van der Waals surface area contributed by atoms with Crippen molar-refractivity contribution in [1.29, 1.82) is 0 Å². The molecule has 0 saturated carbocycles. The highest BCUT2D eigenvalue weighted by Gasteiger charge is 2.14. The first-order chi connectivity index (χ1) is 9.76. The first kappa shape index (κ1) is 17.2. The van der Waals surface area contributed by atoms with E-state index in [1.807, 2.05) is 0 Å². The van der Waals surface area contributed by atoms with Crippen LogP contribution in [-0.2, 0) is 4.74 Å². The van der Waals surface area contributed by atoms with Crippen molar-refractivity contribution in [2.75, 3.05) is 66.1 Å². The van der Waals surface area contributed by atoms with Gasteiger partial charge >= 0.3 is 6.03 Å². The van der Waals surface area contributed by atoms with Crippen molar-refractivity contribution in [3.8, 4) is 0 Å². The Kier molecular flexibility index (Phi) is 9.36. The standard InChI is InChI=1S/C14H30N4O2/c1-3-17-9-11-18(12-10-17)8-5-4-6-15-14(19)16-7-13-20-2/h3-13H2,1-2H3,(H2,15,16,19). The van der Waals surface area contributed by atoms with Gasteiger partial charge in [0.1, 0.15) is 0 Å². The van der Waals surface area contributed by atoms with Gasteiger partial charge in [0.25, 0.3) is 0 Å². The number of methoxy groups -OCH3 is 1. The fourth-order valence-electron chi connectivity index (χ4n) is 2.32. The molecule has 118 valence electrons. The average molecular weight is 286 g/mol. The number of unbranched alkanes of at least 4 members (excludes halogenated alkanes) is 1. The van der Waals surface area contributed by atoms with Crippen LogP contribution in [0, 0.1) is 0 Å². The van der Waals surface area contributed by atoms with Crippen LogP contribution in [0.15, 0.2) is 0 Å². The minimum absolute atomic E-state index is 0.0985. The number of amides is 2. The number of rotatable bonds is 9. The number of hydrogen-bond donors (Lipinski definition) is 2. The lowest BCUT2D eigenvalue weighted by Crippen LogP contribution is -2.46. The Morgan fingerprint density at radius 1 is 1.05 bits per heavy atom. The van der Waals surface area contributed by atoms with E-state index in [0.717, 1.165) is 32.5 Å². The molecule has 1 heterocycles. The zero-order valence-corrected chi connectivity index (χ0v) is 13.0. The molecule has 6 heteroatoms. The van der Waals surface area contributed by atoms with Gasteiger partial charge in [0, 0.05) is 46.4 Å². The molecule has 0 atom stereocenters. The van der Waals surface area contributed by atoms with Crippen LogP contribution in [0.25, 0.3) is 0 Å². The van der Waals surface area contributed by atoms with Crippen molar-refractivity contribution < 1.29 is 9.53 Å². The Morgan fingerprint density at radius 3 is 2.35 bits per heavy atom. The van der Waals surface area contributed by atoms with Gasteiger partial charge in [-0.15, -0.1) is 0 Å². The Bertz CT molecular complexity index is 256. The summed E-state index contributed by atoms with van der Waals surface area (Å²) in [7, 11) is 1.62. The van der Waals surface area contributed by atoms with E-state index >= 15 is 0 Å². The third-order valence-corrected chi connectivity index (χ3v) is 3.69. The van der Waals surface area contributed by atoms with E-state index in [-0.39, 0.29) is 6.03 Å². The van der Waals surface area contributed by atoms with E-state index in [4.69, 9.17) is 4.74 Å². The summed E-state index contributed by atoms with van der Waals surface area (Å²) in [6, 6.07) is -0.0985. The molecule has 0 aromatic heterocycles. The van der Waals surface area contributed by atoms with Crippen LogP contribution in [0.5, 0.6) is 0 Å². The Balaban J connectivity index is 1.91. The number of urea groups is 1. The smallest absolute Gasteiger partial charge is 0.314 e. The zero-order chi connectivity index (χ0) is 14.6. The predicted octanol–water partition coefficient (Wildman–Crippen LogP) is 0.350. The molecule has 0 aliphatic carbocycles. The summed E-state index contributed by atoms with van der Waals surface area (Å²) in [5, 5.41) is 5.61. The lowest BCUT2D eigenvalue weighted by Gasteiger charge is -2.33. The number of hydrogen-bond acceptors (Lipinski definition) is 4. The minimum Gasteiger partial charge on any atom is -0.383 e. The number of carbonyl (C=O) groups is 1. The molecule has 20 heavy (non-hydrogen) atoms. The van der Waals surface area contributed by atoms with Crippen LogP contribution in [0.3, 0.4) is 0 Å². The summed E-state index contributed by atoms with van der Waals surface area (Å²) < 4.78 is 4.87. The van der Waals surface area contributed by atoms with Gasteiger partial charge in [-0.05, 0) is 25.9 Å². The average Bonchev–Trinajstić information content (AvgIpc) is 2.48. The molecule has 1 aliphatic heterocycles. The molecule has 2 amide bonds. The fraction of sp³-hybridized carbons (Fsp3) is 0.929. The van der Waals surface area contributed by atoms with Crippen LogP contribution in [0.2, 0.25) is 0 Å². The molecule has 0 unspecified atom stereocenters. The number of ether oxygens (including phenoxy) is 1. The molecule has 2 N–H and O–H groups in total. The molecule has 1 rings (SSSR count). The molecule has 0 radical (unpaired) electrons. The third-order valence-electron chi connectivity index (χ3n) is 3.69. The summed E-state index contributed by atoms with van der Waals surface area (Å²) in [6.07, 6.45) is 2.18. The Labute approximate surface area is 122 Å². The Hall–Kier alpha value is -0.850. The molecule has 1 saturated heterocycles. The van der Waals surface area contributed by atoms with Crippen molar-refractivity contribution in [2.24, 2.45) is 0 Å². The van der Waals surface area contributed by atoms with Gasteiger partial charge in [0.2, 0.25) is 0 Å². The maximum Gasteiger partial charge on any atom is 0.314 e. The van der Waals surface area contributed by atoms with Gasteiger partial charge in [-0.1, -0.05) is 6.92 Å². The highest BCUT2D eigenvalue weighted by molar-refractivity contribution is 5.73. The number of piperazine rings is 1. The number of carbonyl (C=O) groups excluding carboxylic acids is 1. The molecular formula is C14H30N4O2. The number of nitrogens with one attached hydrogen (secondary N) is 2. The lowest BCUT2D eigenvalue weighted by atomic mass is 10.2. The van der Waals surface area contributed by atoms with Crippen LogP contribution in [0.1, 0.15) is 19.8 Å². The predicted molar refractivity (Wildman–Crippen MR) is 81.1 cm³/mol. The van der Waals surface area contributed by atoms with Crippen molar-refractivity contribution in [3.63, 3.8) is 0 Å². The maximum atomic E-state index is 11.4. The second-order valence-corrected chi connectivity index (χ2v) is 5.16. The normalized spacial score (nSPS) is 17.1. The van der Waals surface area contributed by atoms with Gasteiger partial charge in [-0.25, -0.2) is 4.79 Å². The van der Waals surface area contributed by atoms with Crippen LogP contribution >= 0.6 is 0 Å². The largest absolute Gasteiger partial charge is 0.383 e. The van der Waals surface area contributed by atoms with Crippen LogP contribution < -0.4 is 10.6 Å². The van der Waals surface area contributed by atoms with Crippen LogP contribution in [-0.4, -0.2) is 81.9 Å².